The molecule has 0 aliphatic heterocycles. The zero-order chi connectivity index (χ0) is 12.4. The molecule has 1 heterocycles. The maximum atomic E-state index is 4.46. The average molecular weight is 245 g/mol. The van der Waals surface area contributed by atoms with Crippen molar-refractivity contribution in [1.82, 2.24) is 10.3 Å². The second-order valence-corrected chi connectivity index (χ2v) is 5.71. The van der Waals surface area contributed by atoms with Crippen LogP contribution in [0, 0.1) is 0 Å². The van der Waals surface area contributed by atoms with Crippen molar-refractivity contribution in [2.45, 2.75) is 57.2 Å². The molecular formula is C15H23N3. The minimum Gasteiger partial charge on any atom is -0.372 e. The molecule has 3 rings (SSSR count). The van der Waals surface area contributed by atoms with Gasteiger partial charge in [0.1, 0.15) is 0 Å². The maximum absolute atomic E-state index is 4.46. The maximum Gasteiger partial charge on any atom is 0.0562 e. The lowest BCUT2D eigenvalue weighted by Crippen LogP contribution is -2.29. The van der Waals surface area contributed by atoms with Crippen molar-refractivity contribution >= 4 is 5.69 Å². The summed E-state index contributed by atoms with van der Waals surface area (Å²) in [6, 6.07) is 5.87. The third kappa shape index (κ3) is 2.83. The molecule has 0 bridgehead atoms. The molecule has 0 amide bonds. The van der Waals surface area contributed by atoms with Gasteiger partial charge in [0.05, 0.1) is 5.69 Å². The van der Waals surface area contributed by atoms with Crippen LogP contribution in [0.3, 0.4) is 0 Å². The van der Waals surface area contributed by atoms with Crippen LogP contribution in [-0.4, -0.2) is 24.1 Å². The average Bonchev–Trinajstić information content (AvgIpc) is 3.08. The Labute approximate surface area is 110 Å². The van der Waals surface area contributed by atoms with E-state index in [0.717, 1.165) is 18.6 Å². The van der Waals surface area contributed by atoms with Gasteiger partial charge in [-0.15, -0.1) is 0 Å². The van der Waals surface area contributed by atoms with E-state index in [1.165, 1.54) is 49.9 Å². The van der Waals surface area contributed by atoms with Crippen LogP contribution in [-0.2, 0) is 6.54 Å². The monoisotopic (exact) mass is 245 g/mol. The van der Waals surface area contributed by atoms with Crippen LogP contribution in [0.1, 0.15) is 44.2 Å². The number of nitrogens with zero attached hydrogens (tertiary/aromatic N) is 2. The molecule has 3 heteroatoms. The van der Waals surface area contributed by atoms with Crippen molar-refractivity contribution in [3.63, 3.8) is 0 Å². The van der Waals surface area contributed by atoms with Gasteiger partial charge in [-0.2, -0.15) is 0 Å². The highest BCUT2D eigenvalue weighted by Crippen LogP contribution is 2.27. The van der Waals surface area contributed by atoms with Crippen molar-refractivity contribution in [2.75, 3.05) is 11.9 Å². The molecule has 18 heavy (non-hydrogen) atoms. The number of pyridine rings is 1. The van der Waals surface area contributed by atoms with Crippen LogP contribution >= 0.6 is 0 Å². The normalized spacial score (nSPS) is 20.3. The molecule has 3 nitrogen and oxygen atoms in total. The van der Waals surface area contributed by atoms with E-state index in [1.54, 1.807) is 0 Å². The largest absolute Gasteiger partial charge is 0.372 e. The summed E-state index contributed by atoms with van der Waals surface area (Å²) >= 11 is 0. The molecule has 1 aromatic heterocycles. The Morgan fingerprint density at radius 3 is 2.78 bits per heavy atom. The van der Waals surface area contributed by atoms with Gasteiger partial charge < -0.3 is 10.2 Å². The summed E-state index contributed by atoms with van der Waals surface area (Å²) in [6.45, 7) is 0.914. The molecule has 0 aromatic carbocycles. The number of anilines is 1. The lowest BCUT2D eigenvalue weighted by molar-refractivity contribution is 0.648. The summed E-state index contributed by atoms with van der Waals surface area (Å²) in [4.78, 5) is 6.90. The van der Waals surface area contributed by atoms with Gasteiger partial charge in [-0.25, -0.2) is 0 Å². The van der Waals surface area contributed by atoms with Gasteiger partial charge >= 0.3 is 0 Å². The van der Waals surface area contributed by atoms with Crippen LogP contribution in [0.5, 0.6) is 0 Å². The molecule has 0 atom stereocenters. The van der Waals surface area contributed by atoms with Crippen molar-refractivity contribution < 1.29 is 0 Å². The third-order valence-electron chi connectivity index (χ3n) is 4.23. The number of hydrogen-bond acceptors (Lipinski definition) is 3. The molecule has 0 radical (unpaired) electrons. The summed E-state index contributed by atoms with van der Waals surface area (Å²) in [5.41, 5.74) is 2.49. The molecule has 2 aliphatic carbocycles. The van der Waals surface area contributed by atoms with E-state index in [2.05, 4.69) is 34.4 Å². The lowest BCUT2D eigenvalue weighted by Gasteiger charge is -2.26. The lowest BCUT2D eigenvalue weighted by atomic mass is 10.2. The first-order valence-electron chi connectivity index (χ1n) is 7.24. The Bertz CT molecular complexity index is 394. The van der Waals surface area contributed by atoms with E-state index in [4.69, 9.17) is 0 Å². The zero-order valence-electron chi connectivity index (χ0n) is 11.2. The fourth-order valence-corrected chi connectivity index (χ4v) is 2.82. The van der Waals surface area contributed by atoms with Crippen molar-refractivity contribution in [3.8, 4) is 0 Å². The third-order valence-corrected chi connectivity index (χ3v) is 4.23. The van der Waals surface area contributed by atoms with Crippen LogP contribution in [0.4, 0.5) is 5.69 Å². The van der Waals surface area contributed by atoms with Crippen molar-refractivity contribution in [1.29, 1.82) is 0 Å². The summed E-state index contributed by atoms with van der Waals surface area (Å²) in [5.74, 6) is 0. The Morgan fingerprint density at radius 2 is 2.06 bits per heavy atom. The van der Waals surface area contributed by atoms with E-state index in [0.29, 0.717) is 0 Å². The number of hydrogen-bond donors (Lipinski definition) is 1. The number of aromatic nitrogens is 1. The predicted octanol–water partition coefficient (Wildman–Crippen LogP) is 2.71. The molecule has 0 spiro atoms. The molecule has 98 valence electrons. The van der Waals surface area contributed by atoms with Crippen LogP contribution in [0.2, 0.25) is 0 Å². The predicted molar refractivity (Wildman–Crippen MR) is 74.8 cm³/mol. The Hall–Kier alpha value is -1.09. The second-order valence-electron chi connectivity index (χ2n) is 5.71. The highest BCUT2D eigenvalue weighted by Gasteiger charge is 2.21. The fourth-order valence-electron chi connectivity index (χ4n) is 2.82. The number of rotatable bonds is 5. The molecule has 0 unspecified atom stereocenters. The summed E-state index contributed by atoms with van der Waals surface area (Å²) in [7, 11) is 2.23. The van der Waals surface area contributed by atoms with Gasteiger partial charge in [-0.3, -0.25) is 4.98 Å². The van der Waals surface area contributed by atoms with Crippen LogP contribution in [0.25, 0.3) is 0 Å². The van der Waals surface area contributed by atoms with Crippen LogP contribution < -0.4 is 10.2 Å². The van der Waals surface area contributed by atoms with Gasteiger partial charge in [0.25, 0.3) is 0 Å². The molecule has 2 aliphatic rings. The summed E-state index contributed by atoms with van der Waals surface area (Å²) in [6.07, 6.45) is 10.1. The van der Waals surface area contributed by atoms with E-state index in [-0.39, 0.29) is 0 Å². The molecule has 1 aromatic rings. The molecular weight excluding hydrogens is 222 g/mol. The van der Waals surface area contributed by atoms with Gasteiger partial charge in [0.15, 0.2) is 0 Å². The zero-order valence-corrected chi connectivity index (χ0v) is 11.2. The smallest absolute Gasteiger partial charge is 0.0562 e. The van der Waals surface area contributed by atoms with E-state index in [1.807, 2.05) is 6.20 Å². The first-order valence-corrected chi connectivity index (χ1v) is 7.24. The second kappa shape index (κ2) is 5.27. The van der Waals surface area contributed by atoms with Gasteiger partial charge in [0, 0.05) is 37.6 Å². The molecule has 2 fully saturated rings. The highest BCUT2D eigenvalue weighted by atomic mass is 15.1. The first kappa shape index (κ1) is 12.0. The van der Waals surface area contributed by atoms with Crippen LogP contribution in [0.15, 0.2) is 18.3 Å². The minimum atomic E-state index is 0.733. The first-order chi connectivity index (χ1) is 8.83. The summed E-state index contributed by atoms with van der Waals surface area (Å²) < 4.78 is 0. The minimum absolute atomic E-state index is 0.733. The molecule has 2 saturated carbocycles. The quantitative estimate of drug-likeness (QED) is 0.864. The SMILES string of the molecule is CN(c1ccnc(CNC2CC2)c1)C1CCCC1. The highest BCUT2D eigenvalue weighted by molar-refractivity contribution is 5.47. The Morgan fingerprint density at radius 1 is 1.28 bits per heavy atom. The van der Waals surface area contributed by atoms with Gasteiger partial charge in [-0.05, 0) is 37.8 Å². The summed E-state index contributed by atoms with van der Waals surface area (Å²) in [5, 5.41) is 3.53. The Kier molecular flexibility index (Phi) is 3.50. The van der Waals surface area contributed by atoms with E-state index >= 15 is 0 Å². The fraction of sp³-hybridized carbons (Fsp3) is 0.667. The molecule has 1 N–H and O–H groups in total. The van der Waals surface area contributed by atoms with Crippen molar-refractivity contribution in [3.05, 3.63) is 24.0 Å². The van der Waals surface area contributed by atoms with Gasteiger partial charge in [-0.1, -0.05) is 12.8 Å². The topological polar surface area (TPSA) is 28.2 Å². The van der Waals surface area contributed by atoms with E-state index in [9.17, 15) is 0 Å². The number of nitrogens with one attached hydrogen (secondary N) is 1. The van der Waals surface area contributed by atoms with Gasteiger partial charge in [0.2, 0.25) is 0 Å². The Balaban J connectivity index is 1.64. The van der Waals surface area contributed by atoms with E-state index < -0.39 is 0 Å². The standard InChI is InChI=1S/C15H23N3/c1-18(14-4-2-3-5-14)15-8-9-16-13(10-15)11-17-12-6-7-12/h8-10,12,14,17H,2-7,11H2,1H3. The van der Waals surface area contributed by atoms with Crippen molar-refractivity contribution in [2.24, 2.45) is 0 Å². The molecule has 0 saturated heterocycles.